The van der Waals surface area contributed by atoms with Gasteiger partial charge in [-0.25, -0.2) is 14.2 Å². The van der Waals surface area contributed by atoms with Crippen molar-refractivity contribution in [2.45, 2.75) is 37.4 Å². The number of benzene rings is 2. The normalized spacial score (nSPS) is 17.4. The summed E-state index contributed by atoms with van der Waals surface area (Å²) in [5.41, 5.74) is 7.02. The van der Waals surface area contributed by atoms with Gasteiger partial charge in [-0.15, -0.1) is 11.8 Å². The number of hydrogen-bond acceptors (Lipinski definition) is 13. The Morgan fingerprint density at radius 3 is 2.40 bits per heavy atom. The minimum absolute atomic E-state index is 0.0104. The molecule has 6 rings (SSSR count). The number of phenolic OH excluding ortho intramolecular Hbond substituents is 2. The number of β-lactam (4-membered cyclic amide) rings is 1. The summed E-state index contributed by atoms with van der Waals surface area (Å²) in [5.74, 6) is -4.63. The molecule has 2 atom stereocenters. The highest BCUT2D eigenvalue weighted by molar-refractivity contribution is 8.00. The van der Waals surface area contributed by atoms with E-state index in [0.717, 1.165) is 38.7 Å². The lowest BCUT2D eigenvalue weighted by Gasteiger charge is -2.49. The number of nitrogens with one attached hydrogen (secondary N) is 1. The number of oxime groups is 1. The Hall–Kier alpha value is -6.27. The molecular formula is C35H32N7O9S2+. The highest BCUT2D eigenvalue weighted by Crippen LogP contribution is 2.41. The number of carbonyl (C=O) groups is 4. The number of allylic oxidation sites excluding steroid dienone is 1. The molecule has 272 valence electrons. The van der Waals surface area contributed by atoms with Crippen LogP contribution in [0.4, 0.5) is 5.13 Å². The van der Waals surface area contributed by atoms with E-state index < -0.39 is 46.5 Å². The van der Waals surface area contributed by atoms with Gasteiger partial charge in [0.15, 0.2) is 35.6 Å². The first-order chi connectivity index (χ1) is 25.2. The van der Waals surface area contributed by atoms with Crippen molar-refractivity contribution in [3.05, 3.63) is 101 Å². The van der Waals surface area contributed by atoms with Gasteiger partial charge in [-0.3, -0.25) is 14.5 Å². The van der Waals surface area contributed by atoms with Crippen LogP contribution in [-0.4, -0.2) is 86.9 Å². The molecule has 7 N–H and O–H groups in total. The number of nitrogen functional groups attached to an aromatic ring is 1. The molecule has 4 heterocycles. The molecule has 53 heavy (non-hydrogen) atoms. The van der Waals surface area contributed by atoms with Crippen LogP contribution in [0, 0.1) is 0 Å². The van der Waals surface area contributed by atoms with E-state index in [1.807, 2.05) is 53.4 Å². The second-order valence-corrected chi connectivity index (χ2v) is 14.3. The lowest BCUT2D eigenvalue weighted by Crippen LogP contribution is -2.71. The highest BCUT2D eigenvalue weighted by Gasteiger charge is 2.54. The van der Waals surface area contributed by atoms with E-state index in [-0.39, 0.29) is 33.9 Å². The number of fused-ring (bicyclic) bond motifs is 1. The highest BCUT2D eigenvalue weighted by atomic mass is 32.2. The number of phenols is 2. The van der Waals surface area contributed by atoms with Gasteiger partial charge in [-0.2, -0.15) is 9.36 Å². The van der Waals surface area contributed by atoms with Crippen molar-refractivity contribution in [1.82, 2.24) is 19.6 Å². The summed E-state index contributed by atoms with van der Waals surface area (Å²) in [6.45, 7) is 3.03. The van der Waals surface area contributed by atoms with E-state index >= 15 is 0 Å². The summed E-state index contributed by atoms with van der Waals surface area (Å²) in [4.78, 5) is 60.6. The van der Waals surface area contributed by atoms with Gasteiger partial charge in [0.25, 0.3) is 11.8 Å². The van der Waals surface area contributed by atoms with Crippen LogP contribution >= 0.6 is 23.3 Å². The molecule has 0 aliphatic carbocycles. The fourth-order valence-corrected chi connectivity index (χ4v) is 7.05. The third-order valence-corrected chi connectivity index (χ3v) is 10.1. The van der Waals surface area contributed by atoms with Crippen LogP contribution < -0.4 is 15.6 Å². The van der Waals surface area contributed by atoms with Crippen molar-refractivity contribution in [2.75, 3.05) is 11.5 Å². The first-order valence-electron chi connectivity index (χ1n) is 15.8. The first kappa shape index (κ1) is 36.5. The molecule has 0 unspecified atom stereocenters. The number of amides is 2. The summed E-state index contributed by atoms with van der Waals surface area (Å²) in [5, 5.41) is 44.3. The number of rotatable bonds is 12. The Balaban J connectivity index is 1.12. The first-order valence-corrected chi connectivity index (χ1v) is 17.6. The maximum absolute atomic E-state index is 13.3. The number of pyridine rings is 1. The number of aromatic nitrogens is 3. The van der Waals surface area contributed by atoms with Crippen LogP contribution in [0.3, 0.4) is 0 Å². The SMILES string of the molecule is CC(C)(O/N=C(\C(=O)N[C@@H]1C(=O)N2C(C(=O)O)=C(/C=C/c3ccc(C[n+]4ccc(-c5ccc(O)c(O)c5)cc4)cc3)CS[C@H]12)c1nsc(N)n1)C(=O)O. The van der Waals surface area contributed by atoms with Crippen LogP contribution in [0.15, 0.2) is 89.5 Å². The van der Waals surface area contributed by atoms with Crippen LogP contribution in [-0.2, 0) is 30.6 Å². The summed E-state index contributed by atoms with van der Waals surface area (Å²) in [6, 6.07) is 15.0. The molecule has 2 aliphatic heterocycles. The molecule has 4 aromatic rings. The Bertz CT molecular complexity index is 2200. The molecule has 0 radical (unpaired) electrons. The lowest BCUT2D eigenvalue weighted by atomic mass is 10.0. The van der Waals surface area contributed by atoms with Crippen molar-refractivity contribution >= 4 is 64.0 Å². The fourth-order valence-electron chi connectivity index (χ4n) is 5.29. The zero-order valence-corrected chi connectivity index (χ0v) is 29.7. The average molecular weight is 759 g/mol. The number of aliphatic carboxylic acids is 2. The molecule has 2 amide bonds. The quantitative estimate of drug-likeness (QED) is 0.0401. The summed E-state index contributed by atoms with van der Waals surface area (Å²) >= 11 is 2.03. The molecule has 2 aromatic carbocycles. The van der Waals surface area contributed by atoms with Gasteiger partial charge >= 0.3 is 11.9 Å². The Morgan fingerprint density at radius 1 is 1.06 bits per heavy atom. The maximum Gasteiger partial charge on any atom is 0.352 e. The predicted molar refractivity (Wildman–Crippen MR) is 193 cm³/mol. The maximum atomic E-state index is 13.3. The lowest BCUT2D eigenvalue weighted by molar-refractivity contribution is -0.688. The van der Waals surface area contributed by atoms with E-state index in [4.69, 9.17) is 10.6 Å². The third-order valence-electron chi connectivity index (χ3n) is 8.26. The van der Waals surface area contributed by atoms with Crippen molar-refractivity contribution in [3.63, 3.8) is 0 Å². The van der Waals surface area contributed by atoms with Crippen molar-refractivity contribution in [2.24, 2.45) is 5.16 Å². The molecule has 0 spiro atoms. The number of carboxylic acids is 2. The average Bonchev–Trinajstić information content (AvgIpc) is 3.56. The number of thioether (sulfide) groups is 1. The Morgan fingerprint density at radius 2 is 1.77 bits per heavy atom. The number of aromatic hydroxyl groups is 2. The predicted octanol–water partition coefficient (Wildman–Crippen LogP) is 2.57. The fraction of sp³-hybridized carbons (Fsp3) is 0.200. The van der Waals surface area contributed by atoms with Crippen LogP contribution in [0.2, 0.25) is 0 Å². The number of nitrogens with zero attached hydrogens (tertiary/aromatic N) is 5. The Kier molecular flexibility index (Phi) is 10.2. The van der Waals surface area contributed by atoms with Gasteiger partial charge in [0, 0.05) is 35.0 Å². The smallest absolute Gasteiger partial charge is 0.352 e. The topological polar surface area (TPSA) is 242 Å². The number of carbonyl (C=O) groups excluding carboxylic acids is 2. The van der Waals surface area contributed by atoms with Crippen molar-refractivity contribution in [3.8, 4) is 22.6 Å². The van der Waals surface area contributed by atoms with Crippen LogP contribution in [0.5, 0.6) is 11.5 Å². The van der Waals surface area contributed by atoms with E-state index in [1.54, 1.807) is 18.2 Å². The summed E-state index contributed by atoms with van der Waals surface area (Å²) in [7, 11) is 0. The number of nitrogens with two attached hydrogens (primary N) is 1. The third kappa shape index (κ3) is 7.82. The van der Waals surface area contributed by atoms with E-state index in [1.165, 1.54) is 37.7 Å². The van der Waals surface area contributed by atoms with Gasteiger partial charge < -0.3 is 36.3 Å². The molecule has 1 saturated heterocycles. The molecule has 2 aromatic heterocycles. The van der Waals surface area contributed by atoms with Gasteiger partial charge in [-0.1, -0.05) is 47.6 Å². The standard InChI is InChI=1S/C35H31N7O9S2/c1-35(2,33(49)50)51-39-25(28-38-34(36)53-40-28)29(45)37-26-30(46)42-27(32(47)48)22(17-52-31(26)42)8-7-18-3-5-19(6-4-18)16-41-13-11-20(12-14-41)21-9-10-23(43)24(44)15-21/h3-15,26,31H,16-17H2,1-2H3,(H6,36,37,38,40,44,45,47,48,49,50)/p+1/b8-7+,39-25-/t26-,31-/m1/s1. The van der Waals surface area contributed by atoms with Crippen LogP contribution in [0.25, 0.3) is 17.2 Å². The summed E-state index contributed by atoms with van der Waals surface area (Å²) < 4.78 is 5.93. The van der Waals surface area contributed by atoms with Crippen molar-refractivity contribution in [1.29, 1.82) is 0 Å². The second kappa shape index (κ2) is 14.8. The molecule has 0 bridgehead atoms. The molecule has 18 heteroatoms. The minimum Gasteiger partial charge on any atom is -0.504 e. The Labute approximate surface area is 309 Å². The molecule has 0 saturated carbocycles. The molecule has 1 fully saturated rings. The van der Waals surface area contributed by atoms with E-state index in [9.17, 15) is 39.6 Å². The second-order valence-electron chi connectivity index (χ2n) is 12.4. The monoisotopic (exact) mass is 758 g/mol. The summed E-state index contributed by atoms with van der Waals surface area (Å²) in [6.07, 6.45) is 7.23. The zero-order chi connectivity index (χ0) is 38.0. The van der Waals surface area contributed by atoms with E-state index in [2.05, 4.69) is 19.8 Å². The van der Waals surface area contributed by atoms with Crippen LogP contribution in [0.1, 0.15) is 30.8 Å². The number of anilines is 1. The minimum atomic E-state index is -1.81. The van der Waals surface area contributed by atoms with Gasteiger partial charge in [0.1, 0.15) is 17.1 Å². The van der Waals surface area contributed by atoms with Gasteiger partial charge in [-0.05, 0) is 48.2 Å². The van der Waals surface area contributed by atoms with E-state index in [0.29, 0.717) is 12.1 Å². The molecule has 16 nitrogen and oxygen atoms in total. The number of carboxylic acid groups (broad SMARTS) is 2. The van der Waals surface area contributed by atoms with Crippen molar-refractivity contribution < 1.29 is 49.0 Å². The number of hydrogen-bond donors (Lipinski definition) is 6. The molecule has 2 aliphatic rings. The largest absolute Gasteiger partial charge is 0.504 e. The van der Waals surface area contributed by atoms with Gasteiger partial charge in [0.05, 0.1) is 0 Å². The van der Waals surface area contributed by atoms with Gasteiger partial charge in [0.2, 0.25) is 17.1 Å². The molecular weight excluding hydrogens is 727 g/mol. The zero-order valence-electron chi connectivity index (χ0n) is 28.0.